The second-order valence-corrected chi connectivity index (χ2v) is 6.64. The summed E-state index contributed by atoms with van der Waals surface area (Å²) in [6.45, 7) is 13.4. The molecule has 2 heteroatoms. The van der Waals surface area contributed by atoms with Gasteiger partial charge in [0.15, 0.2) is 0 Å². The number of likely N-dealkylation sites (tertiary alicyclic amines) is 2. The van der Waals surface area contributed by atoms with Crippen molar-refractivity contribution in [1.29, 1.82) is 0 Å². The van der Waals surface area contributed by atoms with E-state index in [1.165, 1.54) is 32.5 Å². The van der Waals surface area contributed by atoms with Crippen LogP contribution < -0.4 is 0 Å². The van der Waals surface area contributed by atoms with E-state index in [9.17, 15) is 0 Å². The van der Waals surface area contributed by atoms with Crippen LogP contribution in [0, 0.1) is 5.41 Å². The van der Waals surface area contributed by atoms with E-state index in [0.717, 1.165) is 6.04 Å². The molecule has 2 aliphatic rings. The highest BCUT2D eigenvalue weighted by molar-refractivity contribution is 5.04. The fourth-order valence-electron chi connectivity index (χ4n) is 3.65. The van der Waals surface area contributed by atoms with Crippen molar-refractivity contribution in [3.8, 4) is 0 Å². The summed E-state index contributed by atoms with van der Waals surface area (Å²) in [5.74, 6) is 0. The molecule has 2 atom stereocenters. The maximum Gasteiger partial charge on any atom is 0.0142 e. The highest BCUT2D eigenvalue weighted by atomic mass is 15.3. The van der Waals surface area contributed by atoms with Gasteiger partial charge in [0.25, 0.3) is 0 Å². The van der Waals surface area contributed by atoms with Crippen LogP contribution in [-0.2, 0) is 0 Å². The lowest BCUT2D eigenvalue weighted by Gasteiger charge is -2.40. The Morgan fingerprint density at radius 3 is 2.13 bits per heavy atom. The summed E-state index contributed by atoms with van der Waals surface area (Å²) in [5.41, 5.74) is 0.937. The maximum atomic E-state index is 2.70. The minimum absolute atomic E-state index is 0.337. The van der Waals surface area contributed by atoms with Crippen molar-refractivity contribution in [3.05, 3.63) is 0 Å². The molecule has 0 saturated carbocycles. The lowest BCUT2D eigenvalue weighted by molar-refractivity contribution is 0.0882. The first kappa shape index (κ1) is 11.4. The van der Waals surface area contributed by atoms with Gasteiger partial charge in [-0.3, -0.25) is 4.90 Å². The molecule has 2 aliphatic heterocycles. The molecule has 15 heavy (non-hydrogen) atoms. The molecule has 2 saturated heterocycles. The van der Waals surface area contributed by atoms with Crippen molar-refractivity contribution in [2.75, 3.05) is 26.7 Å². The molecule has 0 aromatic carbocycles. The smallest absolute Gasteiger partial charge is 0.0142 e. The fraction of sp³-hybridized carbons (Fsp3) is 1.00. The van der Waals surface area contributed by atoms with Gasteiger partial charge in [0.1, 0.15) is 0 Å². The quantitative estimate of drug-likeness (QED) is 0.605. The summed E-state index contributed by atoms with van der Waals surface area (Å²) in [6.07, 6.45) is 2.80. The second-order valence-electron chi connectivity index (χ2n) is 6.64. The van der Waals surface area contributed by atoms with Crippen molar-refractivity contribution in [1.82, 2.24) is 9.80 Å². The Morgan fingerprint density at radius 2 is 1.73 bits per heavy atom. The summed E-state index contributed by atoms with van der Waals surface area (Å²) < 4.78 is 0. The SMILES string of the molecule is CC1N(C(C)(C)C)CCC12CCN(C)C2. The normalized spacial score (nSPS) is 39.4. The molecule has 0 radical (unpaired) electrons. The minimum atomic E-state index is 0.337. The van der Waals surface area contributed by atoms with Crippen molar-refractivity contribution in [2.45, 2.75) is 52.1 Å². The number of hydrogen-bond donors (Lipinski definition) is 0. The van der Waals surface area contributed by atoms with Crippen LogP contribution in [-0.4, -0.2) is 48.1 Å². The maximum absolute atomic E-state index is 2.70. The zero-order valence-electron chi connectivity index (χ0n) is 11.0. The van der Waals surface area contributed by atoms with Crippen molar-refractivity contribution < 1.29 is 0 Å². The van der Waals surface area contributed by atoms with Crippen LogP contribution in [0.15, 0.2) is 0 Å². The molecule has 0 aromatic rings. The first-order chi connectivity index (χ1) is 6.85. The Kier molecular flexibility index (Phi) is 2.63. The van der Waals surface area contributed by atoms with E-state index in [4.69, 9.17) is 0 Å². The Bertz CT molecular complexity index is 243. The van der Waals surface area contributed by atoms with E-state index < -0.39 is 0 Å². The number of hydrogen-bond acceptors (Lipinski definition) is 2. The molecule has 2 heterocycles. The Hall–Kier alpha value is -0.0800. The zero-order chi connectivity index (χ0) is 11.3. The predicted octanol–water partition coefficient (Wildman–Crippen LogP) is 2.20. The van der Waals surface area contributed by atoms with Gasteiger partial charge >= 0.3 is 0 Å². The molecule has 0 amide bonds. The van der Waals surface area contributed by atoms with E-state index in [-0.39, 0.29) is 0 Å². The molecule has 2 rings (SSSR count). The van der Waals surface area contributed by atoms with Crippen LogP contribution in [0.25, 0.3) is 0 Å². The average molecular weight is 210 g/mol. The van der Waals surface area contributed by atoms with E-state index >= 15 is 0 Å². The van der Waals surface area contributed by atoms with Gasteiger partial charge in [-0.25, -0.2) is 0 Å². The third-order valence-electron chi connectivity index (χ3n) is 4.64. The van der Waals surface area contributed by atoms with Crippen molar-refractivity contribution in [2.24, 2.45) is 5.41 Å². The molecule has 2 nitrogen and oxygen atoms in total. The average Bonchev–Trinajstić information content (AvgIpc) is 2.59. The molecule has 0 aromatic heterocycles. The molecule has 0 aliphatic carbocycles. The van der Waals surface area contributed by atoms with Gasteiger partial charge in [-0.1, -0.05) is 0 Å². The monoisotopic (exact) mass is 210 g/mol. The molecular weight excluding hydrogens is 184 g/mol. The third kappa shape index (κ3) is 1.83. The minimum Gasteiger partial charge on any atom is -0.306 e. The summed E-state index contributed by atoms with van der Waals surface area (Å²) in [4.78, 5) is 5.20. The summed E-state index contributed by atoms with van der Waals surface area (Å²) in [7, 11) is 2.27. The fourth-order valence-corrected chi connectivity index (χ4v) is 3.65. The first-order valence-electron chi connectivity index (χ1n) is 6.30. The highest BCUT2D eigenvalue weighted by Gasteiger charge is 2.50. The van der Waals surface area contributed by atoms with Gasteiger partial charge in [-0.05, 0) is 60.7 Å². The molecule has 0 N–H and O–H groups in total. The Labute approximate surface area is 94.6 Å². The largest absolute Gasteiger partial charge is 0.306 e. The standard InChI is InChI=1S/C13H26N2/c1-11-13(6-8-14(5)10-13)7-9-15(11)12(2,3)4/h11H,6-10H2,1-5H3. The second kappa shape index (κ2) is 3.46. The highest BCUT2D eigenvalue weighted by Crippen LogP contribution is 2.46. The van der Waals surface area contributed by atoms with Crippen LogP contribution in [0.5, 0.6) is 0 Å². The van der Waals surface area contributed by atoms with Crippen LogP contribution in [0.2, 0.25) is 0 Å². The summed E-state index contributed by atoms with van der Waals surface area (Å²) in [5, 5.41) is 0. The van der Waals surface area contributed by atoms with E-state index in [0.29, 0.717) is 11.0 Å². The molecule has 1 spiro atoms. The van der Waals surface area contributed by atoms with Crippen molar-refractivity contribution >= 4 is 0 Å². The van der Waals surface area contributed by atoms with Crippen LogP contribution in [0.3, 0.4) is 0 Å². The summed E-state index contributed by atoms with van der Waals surface area (Å²) in [6, 6.07) is 0.752. The molecule has 2 unspecified atom stereocenters. The van der Waals surface area contributed by atoms with Gasteiger partial charge in [0.05, 0.1) is 0 Å². The van der Waals surface area contributed by atoms with Crippen LogP contribution >= 0.6 is 0 Å². The van der Waals surface area contributed by atoms with E-state index in [2.05, 4.69) is 44.5 Å². The van der Waals surface area contributed by atoms with Gasteiger partial charge in [0, 0.05) is 23.5 Å². The van der Waals surface area contributed by atoms with E-state index in [1.807, 2.05) is 0 Å². The zero-order valence-corrected chi connectivity index (χ0v) is 11.0. The first-order valence-corrected chi connectivity index (χ1v) is 6.30. The topological polar surface area (TPSA) is 6.48 Å². The molecular formula is C13H26N2. The number of rotatable bonds is 0. The Morgan fingerprint density at radius 1 is 1.13 bits per heavy atom. The van der Waals surface area contributed by atoms with Crippen LogP contribution in [0.4, 0.5) is 0 Å². The van der Waals surface area contributed by atoms with Crippen molar-refractivity contribution in [3.63, 3.8) is 0 Å². The molecule has 2 fully saturated rings. The third-order valence-corrected chi connectivity index (χ3v) is 4.64. The predicted molar refractivity (Wildman–Crippen MR) is 65.1 cm³/mol. The number of nitrogens with zero attached hydrogens (tertiary/aromatic N) is 2. The summed E-state index contributed by atoms with van der Waals surface area (Å²) >= 11 is 0. The Balaban J connectivity index is 2.14. The van der Waals surface area contributed by atoms with Gasteiger partial charge in [0.2, 0.25) is 0 Å². The van der Waals surface area contributed by atoms with Crippen LogP contribution in [0.1, 0.15) is 40.5 Å². The van der Waals surface area contributed by atoms with Gasteiger partial charge in [-0.2, -0.15) is 0 Å². The van der Waals surface area contributed by atoms with E-state index in [1.54, 1.807) is 0 Å². The lowest BCUT2D eigenvalue weighted by atomic mass is 9.80. The van der Waals surface area contributed by atoms with Gasteiger partial charge in [-0.15, -0.1) is 0 Å². The lowest BCUT2D eigenvalue weighted by Crippen LogP contribution is -2.47. The van der Waals surface area contributed by atoms with Gasteiger partial charge < -0.3 is 4.90 Å². The molecule has 88 valence electrons. The molecule has 0 bridgehead atoms.